The Bertz CT molecular complexity index is 1080. The molecular formula is C19H10Cl4N2O. The number of halogens is 4. The highest BCUT2D eigenvalue weighted by molar-refractivity contribution is 6.42. The molecule has 3 aromatic rings. The van der Waals surface area contributed by atoms with E-state index in [4.69, 9.17) is 46.4 Å². The van der Waals surface area contributed by atoms with Crippen LogP contribution >= 0.6 is 46.4 Å². The number of rotatable bonds is 3. The van der Waals surface area contributed by atoms with E-state index in [9.17, 15) is 10.1 Å². The minimum atomic E-state index is -0.438. The van der Waals surface area contributed by atoms with Gasteiger partial charge in [-0.05, 0) is 42.0 Å². The third-order valence-electron chi connectivity index (χ3n) is 3.89. The average Bonchev–Trinajstić information content (AvgIpc) is 2.61. The Balaban J connectivity index is 2.24. The second kappa shape index (κ2) is 7.73. The van der Waals surface area contributed by atoms with Crippen LogP contribution in [0.1, 0.15) is 11.1 Å². The molecular weight excluding hydrogens is 414 g/mol. The maximum Gasteiger partial charge on any atom is 0.269 e. The molecule has 0 aliphatic heterocycles. The molecule has 0 atom stereocenters. The maximum atomic E-state index is 12.8. The number of nitriles is 1. The SMILES string of the molecule is N#Cc1ccc(-c2ccc(Cl)c(Cl)c2)n(Cc2c(Cl)cccc2Cl)c1=O. The Morgan fingerprint density at radius 3 is 2.19 bits per heavy atom. The van der Waals surface area contributed by atoms with Crippen molar-refractivity contribution in [2.45, 2.75) is 6.54 Å². The molecule has 0 aliphatic carbocycles. The molecule has 0 saturated heterocycles. The second-order valence-electron chi connectivity index (χ2n) is 5.46. The highest BCUT2D eigenvalue weighted by Gasteiger charge is 2.15. The first-order chi connectivity index (χ1) is 12.4. The quantitative estimate of drug-likeness (QED) is 0.514. The maximum absolute atomic E-state index is 12.8. The van der Waals surface area contributed by atoms with Crippen LogP contribution in [0.4, 0.5) is 0 Å². The van der Waals surface area contributed by atoms with E-state index in [0.29, 0.717) is 36.9 Å². The molecule has 0 fully saturated rings. The Kier molecular flexibility index (Phi) is 5.60. The van der Waals surface area contributed by atoms with Gasteiger partial charge in [0.1, 0.15) is 11.6 Å². The summed E-state index contributed by atoms with van der Waals surface area (Å²) in [5.74, 6) is 0. The van der Waals surface area contributed by atoms with E-state index in [1.54, 1.807) is 42.5 Å². The lowest BCUT2D eigenvalue weighted by Gasteiger charge is -2.16. The summed E-state index contributed by atoms with van der Waals surface area (Å²) in [5.41, 5.74) is 1.44. The topological polar surface area (TPSA) is 45.8 Å². The molecule has 0 aliphatic rings. The first kappa shape index (κ1) is 18.8. The summed E-state index contributed by atoms with van der Waals surface area (Å²) in [4.78, 5) is 12.8. The summed E-state index contributed by atoms with van der Waals surface area (Å²) in [7, 11) is 0. The number of hydrogen-bond acceptors (Lipinski definition) is 2. The first-order valence-corrected chi connectivity index (χ1v) is 8.96. The van der Waals surface area contributed by atoms with E-state index in [-0.39, 0.29) is 12.1 Å². The van der Waals surface area contributed by atoms with Crippen molar-refractivity contribution in [2.75, 3.05) is 0 Å². The van der Waals surface area contributed by atoms with Crippen molar-refractivity contribution in [3.8, 4) is 17.3 Å². The largest absolute Gasteiger partial charge is 0.303 e. The third kappa shape index (κ3) is 3.60. The standard InChI is InChI=1S/C19H10Cl4N2O/c20-14-2-1-3-15(21)13(14)10-25-18(7-5-12(9-24)19(25)26)11-4-6-16(22)17(23)8-11/h1-8H,10H2. The van der Waals surface area contributed by atoms with Crippen LogP contribution in [-0.2, 0) is 6.54 Å². The van der Waals surface area contributed by atoms with Crippen molar-refractivity contribution < 1.29 is 0 Å². The van der Waals surface area contributed by atoms with Crippen molar-refractivity contribution >= 4 is 46.4 Å². The van der Waals surface area contributed by atoms with Crippen LogP contribution in [-0.4, -0.2) is 4.57 Å². The van der Waals surface area contributed by atoms with Crippen LogP contribution in [0.5, 0.6) is 0 Å². The fraction of sp³-hybridized carbons (Fsp3) is 0.0526. The van der Waals surface area contributed by atoms with Gasteiger partial charge in [0.15, 0.2) is 0 Å². The van der Waals surface area contributed by atoms with Gasteiger partial charge < -0.3 is 4.57 Å². The van der Waals surface area contributed by atoms with E-state index in [1.807, 2.05) is 6.07 Å². The van der Waals surface area contributed by atoms with E-state index in [2.05, 4.69) is 0 Å². The highest BCUT2D eigenvalue weighted by atomic mass is 35.5. The average molecular weight is 424 g/mol. The van der Waals surface area contributed by atoms with E-state index < -0.39 is 5.56 Å². The number of benzene rings is 2. The van der Waals surface area contributed by atoms with Crippen LogP contribution in [0, 0.1) is 11.3 Å². The molecule has 26 heavy (non-hydrogen) atoms. The zero-order valence-electron chi connectivity index (χ0n) is 13.1. The normalized spacial score (nSPS) is 10.6. The summed E-state index contributed by atoms with van der Waals surface area (Å²) in [6.45, 7) is 0.114. The van der Waals surface area contributed by atoms with Gasteiger partial charge in [0, 0.05) is 15.6 Å². The molecule has 0 amide bonds. The van der Waals surface area contributed by atoms with Crippen LogP contribution in [0.3, 0.4) is 0 Å². The lowest BCUT2D eigenvalue weighted by atomic mass is 10.1. The van der Waals surface area contributed by atoms with Gasteiger partial charge in [-0.15, -0.1) is 0 Å². The molecule has 0 spiro atoms. The lowest BCUT2D eigenvalue weighted by Crippen LogP contribution is -2.24. The molecule has 0 N–H and O–H groups in total. The van der Waals surface area contributed by atoms with Crippen molar-refractivity contribution in [1.82, 2.24) is 4.57 Å². The zero-order valence-corrected chi connectivity index (χ0v) is 16.2. The van der Waals surface area contributed by atoms with Crippen LogP contribution in [0.15, 0.2) is 53.3 Å². The summed E-state index contributed by atoms with van der Waals surface area (Å²) < 4.78 is 1.45. The van der Waals surface area contributed by atoms with E-state index in [0.717, 1.165) is 0 Å². The van der Waals surface area contributed by atoms with Gasteiger partial charge in [0.25, 0.3) is 5.56 Å². The third-order valence-corrected chi connectivity index (χ3v) is 5.34. The highest BCUT2D eigenvalue weighted by Crippen LogP contribution is 2.30. The van der Waals surface area contributed by atoms with Crippen LogP contribution in [0.2, 0.25) is 20.1 Å². The van der Waals surface area contributed by atoms with Gasteiger partial charge >= 0.3 is 0 Å². The van der Waals surface area contributed by atoms with Gasteiger partial charge in [-0.1, -0.05) is 58.5 Å². The fourth-order valence-corrected chi connectivity index (χ4v) is 3.38. The molecule has 3 nitrogen and oxygen atoms in total. The zero-order chi connectivity index (χ0) is 18.8. The van der Waals surface area contributed by atoms with Gasteiger partial charge in [-0.3, -0.25) is 4.79 Å². The molecule has 130 valence electrons. The molecule has 0 bridgehead atoms. The molecule has 0 unspecified atom stereocenters. The molecule has 3 rings (SSSR count). The molecule has 7 heteroatoms. The summed E-state index contributed by atoms with van der Waals surface area (Å²) in [5, 5.41) is 10.9. The Labute approximate surface area is 169 Å². The van der Waals surface area contributed by atoms with Gasteiger partial charge in [-0.2, -0.15) is 5.26 Å². The summed E-state index contributed by atoms with van der Waals surface area (Å²) in [6, 6.07) is 15.2. The van der Waals surface area contributed by atoms with Crippen molar-refractivity contribution in [2.24, 2.45) is 0 Å². The lowest BCUT2D eigenvalue weighted by molar-refractivity contribution is 0.766. The second-order valence-corrected chi connectivity index (χ2v) is 7.09. The number of nitrogens with zero attached hydrogens (tertiary/aromatic N) is 2. The molecule has 1 heterocycles. The summed E-state index contributed by atoms with van der Waals surface area (Å²) in [6.07, 6.45) is 0. The van der Waals surface area contributed by atoms with Crippen molar-refractivity contribution in [1.29, 1.82) is 5.26 Å². The molecule has 1 aromatic heterocycles. The minimum absolute atomic E-state index is 0.0250. The van der Waals surface area contributed by atoms with Gasteiger partial charge in [0.05, 0.1) is 22.3 Å². The Hall–Kier alpha value is -1.96. The van der Waals surface area contributed by atoms with Gasteiger partial charge in [0.2, 0.25) is 0 Å². The first-order valence-electron chi connectivity index (χ1n) is 7.44. The Morgan fingerprint density at radius 2 is 1.58 bits per heavy atom. The van der Waals surface area contributed by atoms with E-state index >= 15 is 0 Å². The number of aromatic nitrogens is 1. The predicted molar refractivity (Wildman–Crippen MR) is 106 cm³/mol. The smallest absolute Gasteiger partial charge is 0.269 e. The monoisotopic (exact) mass is 422 g/mol. The predicted octanol–water partition coefficient (Wildman–Crippen LogP) is 6.05. The molecule has 0 saturated carbocycles. The summed E-state index contributed by atoms with van der Waals surface area (Å²) >= 11 is 24.6. The minimum Gasteiger partial charge on any atom is -0.303 e. The Morgan fingerprint density at radius 1 is 0.885 bits per heavy atom. The molecule has 2 aromatic carbocycles. The van der Waals surface area contributed by atoms with Crippen molar-refractivity contribution in [3.63, 3.8) is 0 Å². The fourth-order valence-electron chi connectivity index (χ4n) is 2.57. The van der Waals surface area contributed by atoms with Gasteiger partial charge in [-0.25, -0.2) is 0 Å². The van der Waals surface area contributed by atoms with E-state index in [1.165, 1.54) is 10.6 Å². The number of pyridine rings is 1. The molecule has 0 radical (unpaired) electrons. The number of hydrogen-bond donors (Lipinski definition) is 0. The van der Waals surface area contributed by atoms with Crippen LogP contribution < -0.4 is 5.56 Å². The van der Waals surface area contributed by atoms with Crippen molar-refractivity contribution in [3.05, 3.63) is 90.1 Å². The van der Waals surface area contributed by atoms with Crippen LogP contribution in [0.25, 0.3) is 11.3 Å².